The quantitative estimate of drug-likeness (QED) is 0.573. The Morgan fingerprint density at radius 1 is 1.14 bits per heavy atom. The number of aryl methyl sites for hydroxylation is 1. The van der Waals surface area contributed by atoms with Gasteiger partial charge in [0.2, 0.25) is 5.91 Å². The fraction of sp³-hybridized carbons (Fsp3) is 0.300. The van der Waals surface area contributed by atoms with E-state index in [4.69, 9.17) is 0 Å². The highest BCUT2D eigenvalue weighted by atomic mass is 16.1. The molecule has 0 saturated heterocycles. The number of para-hydroxylation sites is 2. The molecule has 4 aromatic rings. The third kappa shape index (κ3) is 3.24. The SMILES string of the molecule is O=C(NCc1cccnc1-n1cnc2ccccc21)[C@@H]1CCCCn2nnnc21. The zero-order valence-electron chi connectivity index (χ0n) is 15.8. The van der Waals surface area contributed by atoms with Crippen molar-refractivity contribution in [1.29, 1.82) is 0 Å². The van der Waals surface area contributed by atoms with Gasteiger partial charge in [-0.2, -0.15) is 0 Å². The Hall–Kier alpha value is -3.62. The average molecular weight is 388 g/mol. The number of pyridine rings is 1. The summed E-state index contributed by atoms with van der Waals surface area (Å²) in [4.78, 5) is 21.9. The summed E-state index contributed by atoms with van der Waals surface area (Å²) in [6, 6.07) is 11.7. The fourth-order valence-corrected chi connectivity index (χ4v) is 3.83. The van der Waals surface area contributed by atoms with Crippen LogP contribution in [0.2, 0.25) is 0 Å². The van der Waals surface area contributed by atoms with Crippen molar-refractivity contribution in [3.05, 3.63) is 60.3 Å². The van der Waals surface area contributed by atoms with Crippen LogP contribution in [0.15, 0.2) is 48.9 Å². The summed E-state index contributed by atoms with van der Waals surface area (Å²) in [5.41, 5.74) is 2.79. The summed E-state index contributed by atoms with van der Waals surface area (Å²) in [6.45, 7) is 1.12. The van der Waals surface area contributed by atoms with E-state index >= 15 is 0 Å². The minimum absolute atomic E-state index is 0.0618. The molecule has 1 N–H and O–H groups in total. The molecule has 0 aliphatic carbocycles. The van der Waals surface area contributed by atoms with Crippen molar-refractivity contribution in [2.24, 2.45) is 0 Å². The first-order valence-electron chi connectivity index (χ1n) is 9.71. The lowest BCUT2D eigenvalue weighted by Crippen LogP contribution is -2.30. The monoisotopic (exact) mass is 388 g/mol. The molecule has 1 aromatic carbocycles. The minimum Gasteiger partial charge on any atom is -0.351 e. The van der Waals surface area contributed by atoms with E-state index in [1.165, 1.54) is 0 Å². The standard InChI is InChI=1S/C20H20N8O/c29-20(15-7-3-4-11-28-19(15)24-25-26-28)22-12-14-6-5-10-21-18(14)27-13-23-16-8-1-2-9-17(16)27/h1-2,5-6,8-10,13,15H,3-4,7,11-12H2,(H,22,29)/t15-/m1/s1. The van der Waals surface area contributed by atoms with Crippen molar-refractivity contribution in [1.82, 2.24) is 40.1 Å². The number of hydrogen-bond acceptors (Lipinski definition) is 6. The maximum absolute atomic E-state index is 12.9. The van der Waals surface area contributed by atoms with E-state index in [9.17, 15) is 4.79 Å². The molecular formula is C20H20N8O. The van der Waals surface area contributed by atoms with Crippen LogP contribution in [0.5, 0.6) is 0 Å². The Morgan fingerprint density at radius 3 is 3.03 bits per heavy atom. The lowest BCUT2D eigenvalue weighted by molar-refractivity contribution is -0.123. The van der Waals surface area contributed by atoms with Crippen LogP contribution in [-0.2, 0) is 17.9 Å². The van der Waals surface area contributed by atoms with Crippen LogP contribution in [0.3, 0.4) is 0 Å². The Labute approximate surface area is 166 Å². The van der Waals surface area contributed by atoms with E-state index < -0.39 is 0 Å². The lowest BCUT2D eigenvalue weighted by Gasteiger charge is -2.15. The average Bonchev–Trinajstić information content (AvgIpc) is 3.35. The Balaban J connectivity index is 1.39. The summed E-state index contributed by atoms with van der Waals surface area (Å²) >= 11 is 0. The topological polar surface area (TPSA) is 103 Å². The van der Waals surface area contributed by atoms with Crippen LogP contribution < -0.4 is 5.32 Å². The summed E-state index contributed by atoms with van der Waals surface area (Å²) in [7, 11) is 0. The van der Waals surface area contributed by atoms with Gasteiger partial charge in [0.05, 0.1) is 17.0 Å². The number of hydrogen-bond donors (Lipinski definition) is 1. The molecule has 1 atom stereocenters. The van der Waals surface area contributed by atoms with Gasteiger partial charge < -0.3 is 5.32 Å². The van der Waals surface area contributed by atoms with Crippen LogP contribution in [0.25, 0.3) is 16.9 Å². The summed E-state index contributed by atoms with van der Waals surface area (Å²) in [6.07, 6.45) is 6.19. The number of benzene rings is 1. The molecule has 1 aliphatic heterocycles. The molecule has 0 unspecified atom stereocenters. The number of fused-ring (bicyclic) bond motifs is 2. The molecule has 0 saturated carbocycles. The molecule has 9 heteroatoms. The van der Waals surface area contributed by atoms with Crippen LogP contribution in [-0.4, -0.2) is 40.6 Å². The first-order valence-corrected chi connectivity index (χ1v) is 9.71. The van der Waals surface area contributed by atoms with Gasteiger partial charge in [0, 0.05) is 24.8 Å². The van der Waals surface area contributed by atoms with Crippen LogP contribution in [0, 0.1) is 0 Å². The van der Waals surface area contributed by atoms with Gasteiger partial charge in [0.15, 0.2) is 5.82 Å². The number of nitrogens with zero attached hydrogens (tertiary/aromatic N) is 7. The van der Waals surface area contributed by atoms with Gasteiger partial charge in [-0.1, -0.05) is 24.6 Å². The third-order valence-corrected chi connectivity index (χ3v) is 5.30. The Bertz CT molecular complexity index is 1160. The third-order valence-electron chi connectivity index (χ3n) is 5.30. The van der Waals surface area contributed by atoms with Gasteiger partial charge in [-0.15, -0.1) is 5.10 Å². The number of tetrazole rings is 1. The zero-order valence-corrected chi connectivity index (χ0v) is 15.8. The maximum Gasteiger partial charge on any atom is 0.231 e. The van der Waals surface area contributed by atoms with E-state index in [1.54, 1.807) is 17.2 Å². The predicted octanol–water partition coefficient (Wildman–Crippen LogP) is 1.99. The molecule has 3 aromatic heterocycles. The second-order valence-electron chi connectivity index (χ2n) is 7.12. The normalized spacial score (nSPS) is 16.3. The molecule has 0 radical (unpaired) electrons. The molecule has 1 amide bonds. The number of carbonyl (C=O) groups excluding carboxylic acids is 1. The van der Waals surface area contributed by atoms with E-state index in [1.807, 2.05) is 41.0 Å². The first kappa shape index (κ1) is 17.5. The van der Waals surface area contributed by atoms with Crippen molar-refractivity contribution >= 4 is 16.9 Å². The molecule has 9 nitrogen and oxygen atoms in total. The molecule has 4 heterocycles. The van der Waals surface area contributed by atoms with Gasteiger partial charge >= 0.3 is 0 Å². The molecule has 0 fully saturated rings. The highest BCUT2D eigenvalue weighted by Gasteiger charge is 2.28. The minimum atomic E-state index is -0.332. The van der Waals surface area contributed by atoms with E-state index in [2.05, 4.69) is 30.8 Å². The Kier molecular flexibility index (Phi) is 4.47. The molecule has 146 valence electrons. The second kappa shape index (κ2) is 7.42. The van der Waals surface area contributed by atoms with Crippen molar-refractivity contribution < 1.29 is 4.79 Å². The maximum atomic E-state index is 12.9. The van der Waals surface area contributed by atoms with E-state index in [-0.39, 0.29) is 11.8 Å². The van der Waals surface area contributed by atoms with Gasteiger partial charge in [-0.25, -0.2) is 14.6 Å². The second-order valence-corrected chi connectivity index (χ2v) is 7.12. The van der Waals surface area contributed by atoms with Crippen molar-refractivity contribution in [2.75, 3.05) is 0 Å². The largest absolute Gasteiger partial charge is 0.351 e. The lowest BCUT2D eigenvalue weighted by atomic mass is 10.0. The summed E-state index contributed by atoms with van der Waals surface area (Å²) in [5, 5.41) is 14.9. The number of aromatic nitrogens is 7. The number of nitrogens with one attached hydrogen (secondary N) is 1. The number of amides is 1. The molecule has 0 spiro atoms. The Morgan fingerprint density at radius 2 is 2.07 bits per heavy atom. The zero-order chi connectivity index (χ0) is 19.6. The predicted molar refractivity (Wildman–Crippen MR) is 105 cm³/mol. The number of imidazole rings is 1. The highest BCUT2D eigenvalue weighted by molar-refractivity contribution is 5.83. The van der Waals surface area contributed by atoms with Crippen LogP contribution in [0.4, 0.5) is 0 Å². The molecule has 1 aliphatic rings. The molecule has 0 bridgehead atoms. The van der Waals surface area contributed by atoms with Crippen LogP contribution >= 0.6 is 0 Å². The van der Waals surface area contributed by atoms with Gasteiger partial charge in [0.1, 0.15) is 12.1 Å². The van der Waals surface area contributed by atoms with Gasteiger partial charge in [0.25, 0.3) is 0 Å². The summed E-state index contributed by atoms with van der Waals surface area (Å²) in [5.74, 6) is 1.01. The molecule has 29 heavy (non-hydrogen) atoms. The number of carbonyl (C=O) groups is 1. The van der Waals surface area contributed by atoms with E-state index in [0.717, 1.165) is 48.2 Å². The van der Waals surface area contributed by atoms with E-state index in [0.29, 0.717) is 12.4 Å². The van der Waals surface area contributed by atoms with Crippen molar-refractivity contribution in [3.63, 3.8) is 0 Å². The summed E-state index contributed by atoms with van der Waals surface area (Å²) < 4.78 is 3.69. The van der Waals surface area contributed by atoms with Crippen LogP contribution in [0.1, 0.15) is 36.6 Å². The van der Waals surface area contributed by atoms with Crippen molar-refractivity contribution in [3.8, 4) is 5.82 Å². The van der Waals surface area contributed by atoms with Gasteiger partial charge in [-0.3, -0.25) is 9.36 Å². The fourth-order valence-electron chi connectivity index (χ4n) is 3.83. The molecule has 5 rings (SSSR count). The highest BCUT2D eigenvalue weighted by Crippen LogP contribution is 2.24. The molecular weight excluding hydrogens is 368 g/mol. The van der Waals surface area contributed by atoms with Gasteiger partial charge in [-0.05, 0) is 41.5 Å². The smallest absolute Gasteiger partial charge is 0.231 e. The number of rotatable bonds is 4. The first-order chi connectivity index (χ1) is 14.3. The van der Waals surface area contributed by atoms with Crippen molar-refractivity contribution in [2.45, 2.75) is 38.3 Å².